The van der Waals surface area contributed by atoms with Gasteiger partial charge in [-0.2, -0.15) is 0 Å². The minimum atomic E-state index is -0.489. The Morgan fingerprint density at radius 1 is 1.00 bits per heavy atom. The van der Waals surface area contributed by atoms with Crippen LogP contribution in [0.4, 0.5) is 4.79 Å². The number of fused-ring (bicyclic) bond motifs is 1. The Morgan fingerprint density at radius 2 is 1.81 bits per heavy atom. The summed E-state index contributed by atoms with van der Waals surface area (Å²) in [5.41, 5.74) is 3.37. The second-order valence-corrected chi connectivity index (χ2v) is 7.53. The molecule has 1 saturated heterocycles. The van der Waals surface area contributed by atoms with E-state index in [0.717, 1.165) is 47.6 Å². The molecule has 2 heterocycles. The number of nitrogens with zero attached hydrogens (tertiary/aromatic N) is 2. The lowest BCUT2D eigenvalue weighted by molar-refractivity contribution is -0.113. The molecule has 4 rings (SSSR count). The zero-order chi connectivity index (χ0) is 18.1. The number of aryl methyl sites for hydroxylation is 2. The number of carbonyl (C=O) groups excluding carboxylic acids is 2. The molecule has 26 heavy (non-hydrogen) atoms. The molecule has 0 radical (unpaired) electrons. The van der Waals surface area contributed by atoms with Gasteiger partial charge < -0.3 is 9.47 Å². The summed E-state index contributed by atoms with van der Waals surface area (Å²) in [4.78, 5) is 25.7. The highest BCUT2D eigenvalue weighted by atomic mass is 32.2. The number of aromatic nitrogens is 1. The van der Waals surface area contributed by atoms with Gasteiger partial charge in [0, 0.05) is 42.5 Å². The third-order valence-corrected chi connectivity index (χ3v) is 5.82. The molecule has 132 valence electrons. The molecule has 4 nitrogen and oxygen atoms in total. The van der Waals surface area contributed by atoms with Crippen LogP contribution < -0.4 is 0 Å². The molecule has 0 aliphatic carbocycles. The van der Waals surface area contributed by atoms with Gasteiger partial charge >= 0.3 is 0 Å². The van der Waals surface area contributed by atoms with Crippen molar-refractivity contribution >= 4 is 33.0 Å². The van der Waals surface area contributed by atoms with Gasteiger partial charge in [-0.1, -0.05) is 42.5 Å². The topological polar surface area (TPSA) is 42.3 Å². The van der Waals surface area contributed by atoms with Gasteiger partial charge in [-0.3, -0.25) is 9.59 Å². The highest BCUT2D eigenvalue weighted by Gasteiger charge is 2.39. The summed E-state index contributed by atoms with van der Waals surface area (Å²) >= 11 is 0.800. The predicted octanol–water partition coefficient (Wildman–Crippen LogP) is 4.64. The molecular formula is C21H20N2O2S. The van der Waals surface area contributed by atoms with E-state index in [9.17, 15) is 9.59 Å². The van der Waals surface area contributed by atoms with E-state index in [2.05, 4.69) is 47.2 Å². The van der Waals surface area contributed by atoms with Crippen molar-refractivity contribution < 1.29 is 9.59 Å². The molecule has 1 aliphatic rings. The lowest BCUT2D eigenvalue weighted by Gasteiger charge is -2.18. The first kappa shape index (κ1) is 16.9. The van der Waals surface area contributed by atoms with Crippen LogP contribution in [0.3, 0.4) is 0 Å². The first-order valence-electron chi connectivity index (χ1n) is 8.75. The van der Waals surface area contributed by atoms with Crippen molar-refractivity contribution in [1.82, 2.24) is 9.47 Å². The Morgan fingerprint density at radius 3 is 2.54 bits per heavy atom. The molecule has 1 amide bonds. The number of hydrogen-bond acceptors (Lipinski definition) is 3. The molecule has 1 atom stereocenters. The summed E-state index contributed by atoms with van der Waals surface area (Å²) in [6.07, 6.45) is 4.16. The molecule has 0 saturated carbocycles. The summed E-state index contributed by atoms with van der Waals surface area (Å²) in [6, 6.07) is 18.1. The van der Waals surface area contributed by atoms with Crippen molar-refractivity contribution in [2.45, 2.75) is 25.4 Å². The van der Waals surface area contributed by atoms with Gasteiger partial charge in [-0.25, -0.2) is 0 Å². The second-order valence-electron chi connectivity index (χ2n) is 6.58. The highest BCUT2D eigenvalue weighted by molar-refractivity contribution is 8.26. The Balaban J connectivity index is 1.57. The summed E-state index contributed by atoms with van der Waals surface area (Å²) in [7, 11) is 1.70. The van der Waals surface area contributed by atoms with E-state index in [1.54, 1.807) is 7.05 Å². The van der Waals surface area contributed by atoms with E-state index in [1.165, 1.54) is 10.5 Å². The van der Waals surface area contributed by atoms with Crippen LogP contribution in [0.5, 0.6) is 0 Å². The van der Waals surface area contributed by atoms with Crippen LogP contribution in [0.25, 0.3) is 10.9 Å². The number of benzene rings is 2. The average Bonchev–Trinajstić information content (AvgIpc) is 3.17. The van der Waals surface area contributed by atoms with Crippen LogP contribution in [0.2, 0.25) is 0 Å². The van der Waals surface area contributed by atoms with Crippen molar-refractivity contribution in [2.24, 2.45) is 0 Å². The third kappa shape index (κ3) is 3.03. The van der Waals surface area contributed by atoms with Crippen LogP contribution >= 0.6 is 11.8 Å². The molecule has 0 spiro atoms. The molecule has 2 aromatic carbocycles. The van der Waals surface area contributed by atoms with Gasteiger partial charge in [0.1, 0.15) is 6.04 Å². The van der Waals surface area contributed by atoms with E-state index in [-0.39, 0.29) is 10.4 Å². The molecular weight excluding hydrogens is 344 g/mol. The standard InChI is InChI=1S/C21H20N2O2S/c1-22-19(20(24)26-21(22)25)17-10-5-11-18-16(17)12-14-23(18)13-6-9-15-7-3-2-4-8-15/h2-5,7-8,10-12,14,19H,6,9,13H2,1H3. The van der Waals surface area contributed by atoms with E-state index < -0.39 is 6.04 Å². The minimum Gasteiger partial charge on any atom is -0.347 e. The number of likely N-dealkylation sites (N-methyl/N-ethyl adjacent to an activating group) is 1. The quantitative estimate of drug-likeness (QED) is 0.662. The zero-order valence-electron chi connectivity index (χ0n) is 14.6. The Labute approximate surface area is 156 Å². The van der Waals surface area contributed by atoms with E-state index in [0.29, 0.717) is 0 Å². The first-order chi connectivity index (χ1) is 12.6. The molecule has 5 heteroatoms. The van der Waals surface area contributed by atoms with Gasteiger partial charge in [0.25, 0.3) is 5.24 Å². The Bertz CT molecular complexity index is 965. The Kier molecular flexibility index (Phi) is 4.55. The minimum absolute atomic E-state index is 0.0955. The smallest absolute Gasteiger partial charge is 0.289 e. The normalized spacial score (nSPS) is 17.4. The summed E-state index contributed by atoms with van der Waals surface area (Å²) in [5, 5.41) is 0.772. The Hall–Kier alpha value is -2.53. The molecule has 3 aromatic rings. The SMILES string of the molecule is CN1C(=O)SC(=O)C1c1cccc2c1ccn2CCCc1ccccc1. The highest BCUT2D eigenvalue weighted by Crippen LogP contribution is 2.38. The van der Waals surface area contributed by atoms with Crippen molar-refractivity contribution in [1.29, 1.82) is 0 Å². The summed E-state index contributed by atoms with van der Waals surface area (Å²) < 4.78 is 2.23. The van der Waals surface area contributed by atoms with Crippen molar-refractivity contribution in [2.75, 3.05) is 7.05 Å². The summed E-state index contributed by atoms with van der Waals surface area (Å²) in [5.74, 6) is 0. The second kappa shape index (κ2) is 7.00. The summed E-state index contributed by atoms with van der Waals surface area (Å²) in [6.45, 7) is 0.921. The fraction of sp³-hybridized carbons (Fsp3) is 0.238. The molecule has 1 aliphatic heterocycles. The third-order valence-electron chi connectivity index (χ3n) is 4.94. The number of carbonyl (C=O) groups is 2. The number of thioether (sulfide) groups is 1. The molecule has 0 N–H and O–H groups in total. The van der Waals surface area contributed by atoms with Crippen LogP contribution in [0.15, 0.2) is 60.8 Å². The van der Waals surface area contributed by atoms with Crippen LogP contribution in [0, 0.1) is 0 Å². The van der Waals surface area contributed by atoms with Gasteiger partial charge in [0.05, 0.1) is 0 Å². The average molecular weight is 364 g/mol. The molecule has 1 fully saturated rings. The van der Waals surface area contributed by atoms with E-state index >= 15 is 0 Å². The van der Waals surface area contributed by atoms with Gasteiger partial charge in [0.15, 0.2) is 0 Å². The maximum absolute atomic E-state index is 12.3. The van der Waals surface area contributed by atoms with Crippen LogP contribution in [-0.2, 0) is 17.8 Å². The number of amides is 1. The largest absolute Gasteiger partial charge is 0.347 e. The molecule has 1 aromatic heterocycles. The van der Waals surface area contributed by atoms with Crippen LogP contribution in [0.1, 0.15) is 23.6 Å². The van der Waals surface area contributed by atoms with Gasteiger partial charge in [-0.05, 0) is 36.1 Å². The maximum Gasteiger partial charge on any atom is 0.289 e. The van der Waals surface area contributed by atoms with E-state index in [1.807, 2.05) is 18.2 Å². The monoisotopic (exact) mass is 364 g/mol. The first-order valence-corrected chi connectivity index (χ1v) is 9.57. The van der Waals surface area contributed by atoms with Crippen LogP contribution in [-0.4, -0.2) is 26.9 Å². The predicted molar refractivity (Wildman–Crippen MR) is 105 cm³/mol. The fourth-order valence-corrected chi connectivity index (χ4v) is 4.41. The number of rotatable bonds is 5. The lowest BCUT2D eigenvalue weighted by Crippen LogP contribution is -2.23. The maximum atomic E-state index is 12.3. The van der Waals surface area contributed by atoms with E-state index in [4.69, 9.17) is 0 Å². The number of hydrogen-bond donors (Lipinski definition) is 0. The van der Waals surface area contributed by atoms with Gasteiger partial charge in [0.2, 0.25) is 5.12 Å². The van der Waals surface area contributed by atoms with Gasteiger partial charge in [-0.15, -0.1) is 0 Å². The fourth-order valence-electron chi connectivity index (χ4n) is 3.59. The lowest BCUT2D eigenvalue weighted by atomic mass is 10.0. The molecule has 0 bridgehead atoms. The van der Waals surface area contributed by atoms with Crippen molar-refractivity contribution in [3.63, 3.8) is 0 Å². The van der Waals surface area contributed by atoms with Crippen molar-refractivity contribution in [3.05, 3.63) is 71.9 Å². The zero-order valence-corrected chi connectivity index (χ0v) is 15.4. The van der Waals surface area contributed by atoms with Crippen molar-refractivity contribution in [3.8, 4) is 0 Å². The molecule has 1 unspecified atom stereocenters.